The van der Waals surface area contributed by atoms with E-state index in [1.165, 1.54) is 36.4 Å². The molecule has 0 saturated carbocycles. The first-order valence-corrected chi connectivity index (χ1v) is 12.0. The van der Waals surface area contributed by atoms with E-state index in [1.54, 1.807) is 13.0 Å². The van der Waals surface area contributed by atoms with Crippen LogP contribution in [0, 0.1) is 5.82 Å². The van der Waals surface area contributed by atoms with E-state index < -0.39 is 39.1 Å². The average molecular weight is 496 g/mol. The monoisotopic (exact) mass is 496 g/mol. The Hall–Kier alpha value is -3.18. The van der Waals surface area contributed by atoms with Crippen LogP contribution in [0.15, 0.2) is 60.2 Å². The zero-order valence-corrected chi connectivity index (χ0v) is 18.6. The van der Waals surface area contributed by atoms with Crippen molar-refractivity contribution in [3.05, 3.63) is 71.8 Å². The van der Waals surface area contributed by atoms with Crippen molar-refractivity contribution in [3.63, 3.8) is 0 Å². The number of ether oxygens (including phenoxy) is 1. The van der Waals surface area contributed by atoms with Crippen LogP contribution in [0.4, 0.5) is 17.6 Å². The number of sulfone groups is 1. The molecule has 1 aromatic heterocycles. The number of aliphatic hydroxyl groups excluding tert-OH is 1. The highest BCUT2D eigenvalue weighted by Crippen LogP contribution is 2.37. The van der Waals surface area contributed by atoms with Gasteiger partial charge in [0, 0.05) is 22.9 Å². The first-order chi connectivity index (χ1) is 16.0. The number of hydrogen-bond acceptors (Lipinski definition) is 5. The van der Waals surface area contributed by atoms with Gasteiger partial charge in [0.1, 0.15) is 23.5 Å². The molecular weight excluding hydrogens is 476 g/mol. The summed E-state index contributed by atoms with van der Waals surface area (Å²) in [5.74, 6) is -1.28. The maximum atomic E-state index is 14.8. The van der Waals surface area contributed by atoms with Crippen LogP contribution < -0.4 is 4.74 Å². The molecule has 2 N–H and O–H groups in total. The Labute approximate surface area is 192 Å². The number of hydrogen-bond donors (Lipinski definition) is 2. The molecule has 1 aliphatic rings. The second kappa shape index (κ2) is 8.88. The number of aromatic nitrogens is 2. The zero-order valence-electron chi connectivity index (χ0n) is 17.8. The van der Waals surface area contributed by atoms with Crippen molar-refractivity contribution in [1.29, 1.82) is 0 Å². The van der Waals surface area contributed by atoms with Crippen molar-refractivity contribution in [2.24, 2.45) is 0 Å². The van der Waals surface area contributed by atoms with Gasteiger partial charge in [0.2, 0.25) is 0 Å². The predicted octanol–water partition coefficient (Wildman–Crippen LogP) is 4.99. The lowest BCUT2D eigenvalue weighted by molar-refractivity contribution is -0.274. The average Bonchev–Trinajstić information content (AvgIpc) is 3.20. The maximum absolute atomic E-state index is 14.8. The van der Waals surface area contributed by atoms with Gasteiger partial charge in [0.05, 0.1) is 16.3 Å². The number of alkyl halides is 3. The number of para-hydroxylation sites is 1. The Morgan fingerprint density at radius 2 is 1.97 bits per heavy atom. The minimum absolute atomic E-state index is 0.00232. The van der Waals surface area contributed by atoms with Crippen molar-refractivity contribution in [3.8, 4) is 16.9 Å². The molecule has 11 heteroatoms. The Morgan fingerprint density at radius 1 is 1.24 bits per heavy atom. The molecule has 0 saturated heterocycles. The second-order valence-electron chi connectivity index (χ2n) is 7.71. The SMILES string of the molecule is CCS(=O)(=O)C1C=CC(C(O)c2nc3cc(-c4ccccc4OC(F)(F)F)c(F)cc3[nH]2)=CC1. The lowest BCUT2D eigenvalue weighted by Gasteiger charge is -2.18. The summed E-state index contributed by atoms with van der Waals surface area (Å²) in [6.07, 6.45) is -1.36. The van der Waals surface area contributed by atoms with Crippen molar-refractivity contribution < 1.29 is 35.8 Å². The molecule has 6 nitrogen and oxygen atoms in total. The summed E-state index contributed by atoms with van der Waals surface area (Å²) in [4.78, 5) is 7.09. The van der Waals surface area contributed by atoms with Gasteiger partial charge in [-0.05, 0) is 24.1 Å². The fraction of sp³-hybridized carbons (Fsp3) is 0.261. The molecule has 1 heterocycles. The molecular formula is C23H20F4N2O4S. The van der Waals surface area contributed by atoms with Crippen molar-refractivity contribution in [2.45, 2.75) is 31.1 Å². The van der Waals surface area contributed by atoms with Gasteiger partial charge >= 0.3 is 6.36 Å². The number of fused-ring (bicyclic) bond motifs is 1. The third kappa shape index (κ3) is 4.85. The van der Waals surface area contributed by atoms with Gasteiger partial charge in [-0.1, -0.05) is 43.4 Å². The Morgan fingerprint density at radius 3 is 2.62 bits per heavy atom. The lowest BCUT2D eigenvalue weighted by Crippen LogP contribution is -2.22. The molecule has 0 fully saturated rings. The van der Waals surface area contributed by atoms with E-state index in [0.29, 0.717) is 5.57 Å². The number of halogens is 4. The van der Waals surface area contributed by atoms with Crippen molar-refractivity contribution in [1.82, 2.24) is 9.97 Å². The zero-order chi connectivity index (χ0) is 24.7. The molecule has 0 bridgehead atoms. The fourth-order valence-electron chi connectivity index (χ4n) is 3.75. The van der Waals surface area contributed by atoms with E-state index in [2.05, 4.69) is 14.7 Å². The number of rotatable bonds is 6. The summed E-state index contributed by atoms with van der Waals surface area (Å²) in [6.45, 7) is 1.56. The first-order valence-electron chi connectivity index (χ1n) is 10.3. The highest BCUT2D eigenvalue weighted by atomic mass is 32.2. The molecule has 2 atom stereocenters. The summed E-state index contributed by atoms with van der Waals surface area (Å²) in [6, 6.07) is 7.52. The van der Waals surface area contributed by atoms with Crippen LogP contribution in [-0.2, 0) is 9.84 Å². The lowest BCUT2D eigenvalue weighted by atomic mass is 10.0. The van der Waals surface area contributed by atoms with E-state index >= 15 is 0 Å². The molecule has 2 aromatic carbocycles. The van der Waals surface area contributed by atoms with E-state index in [-0.39, 0.29) is 40.2 Å². The quantitative estimate of drug-likeness (QED) is 0.469. The highest BCUT2D eigenvalue weighted by molar-refractivity contribution is 7.92. The van der Waals surface area contributed by atoms with Crippen LogP contribution in [0.3, 0.4) is 0 Å². The number of allylic oxidation sites excluding steroid dienone is 1. The third-order valence-corrected chi connectivity index (χ3v) is 7.60. The second-order valence-corrected chi connectivity index (χ2v) is 10.2. The van der Waals surface area contributed by atoms with Crippen LogP contribution in [-0.4, -0.2) is 40.9 Å². The fourth-order valence-corrected chi connectivity index (χ4v) is 4.88. The molecule has 180 valence electrons. The molecule has 1 aliphatic carbocycles. The summed E-state index contributed by atoms with van der Waals surface area (Å²) in [7, 11) is -3.27. The number of benzene rings is 2. The van der Waals surface area contributed by atoms with Gasteiger partial charge in [-0.15, -0.1) is 13.2 Å². The summed E-state index contributed by atoms with van der Waals surface area (Å²) in [5, 5.41) is 10.1. The Balaban J connectivity index is 1.65. The molecule has 0 amide bonds. The molecule has 0 spiro atoms. The molecule has 0 aliphatic heterocycles. The van der Waals surface area contributed by atoms with Gasteiger partial charge in [-0.25, -0.2) is 17.8 Å². The van der Waals surface area contributed by atoms with Gasteiger partial charge in [0.15, 0.2) is 9.84 Å². The summed E-state index contributed by atoms with van der Waals surface area (Å²) < 4.78 is 81.2. The summed E-state index contributed by atoms with van der Waals surface area (Å²) in [5.41, 5.74) is 0.622. The number of aromatic amines is 1. The van der Waals surface area contributed by atoms with Crippen molar-refractivity contribution >= 4 is 20.9 Å². The van der Waals surface area contributed by atoms with Gasteiger partial charge in [-0.2, -0.15) is 0 Å². The highest BCUT2D eigenvalue weighted by Gasteiger charge is 2.32. The van der Waals surface area contributed by atoms with E-state index in [0.717, 1.165) is 12.1 Å². The molecule has 34 heavy (non-hydrogen) atoms. The van der Waals surface area contributed by atoms with E-state index in [4.69, 9.17) is 0 Å². The number of aliphatic hydroxyl groups is 1. The van der Waals surface area contributed by atoms with Crippen LogP contribution in [0.2, 0.25) is 0 Å². The third-order valence-electron chi connectivity index (χ3n) is 5.52. The number of H-pyrrole nitrogens is 1. The molecule has 2 unspecified atom stereocenters. The minimum atomic E-state index is -4.95. The normalized spacial score (nSPS) is 17.6. The van der Waals surface area contributed by atoms with E-state index in [1.807, 2.05) is 0 Å². The smallest absolute Gasteiger partial charge is 0.405 e. The van der Waals surface area contributed by atoms with Crippen molar-refractivity contribution in [2.75, 3.05) is 5.75 Å². The minimum Gasteiger partial charge on any atom is -0.405 e. The topological polar surface area (TPSA) is 92.3 Å². The van der Waals surface area contributed by atoms with E-state index in [9.17, 15) is 31.1 Å². The number of imidazole rings is 1. The largest absolute Gasteiger partial charge is 0.573 e. The maximum Gasteiger partial charge on any atom is 0.573 e. The predicted molar refractivity (Wildman–Crippen MR) is 118 cm³/mol. The number of nitrogens with one attached hydrogen (secondary N) is 1. The number of nitrogens with zero attached hydrogens (tertiary/aromatic N) is 1. The standard InChI is InChI=1S/C23H20F4N2O4S/c1-2-34(31,32)14-9-7-13(8-10-14)21(30)22-28-18-11-16(17(24)12-19(18)29-22)15-5-3-4-6-20(15)33-23(25,26)27/h3-9,11-12,14,21,30H,2,10H2,1H3,(H,28,29). The molecule has 0 radical (unpaired) electrons. The van der Waals surface area contributed by atoms with Gasteiger partial charge < -0.3 is 14.8 Å². The summed E-state index contributed by atoms with van der Waals surface area (Å²) >= 11 is 0. The van der Waals surface area contributed by atoms with Crippen LogP contribution in [0.25, 0.3) is 22.2 Å². The van der Waals surface area contributed by atoms with Crippen LogP contribution in [0.5, 0.6) is 5.75 Å². The van der Waals surface area contributed by atoms with Gasteiger partial charge in [0.25, 0.3) is 0 Å². The van der Waals surface area contributed by atoms with Gasteiger partial charge in [-0.3, -0.25) is 0 Å². The van der Waals surface area contributed by atoms with Crippen LogP contribution in [0.1, 0.15) is 25.3 Å². The Kier molecular flexibility index (Phi) is 6.26. The Bertz CT molecular complexity index is 1390. The molecule has 3 aromatic rings. The molecule has 4 rings (SSSR count). The first kappa shape index (κ1) is 24.0. The van der Waals surface area contributed by atoms with Crippen LogP contribution >= 0.6 is 0 Å².